The minimum absolute atomic E-state index is 0. The van der Waals surface area contributed by atoms with Crippen molar-refractivity contribution in [2.75, 3.05) is 33.8 Å². The maximum absolute atomic E-state index is 11.0. The van der Waals surface area contributed by atoms with Gasteiger partial charge in [0.15, 0.2) is 0 Å². The van der Waals surface area contributed by atoms with Gasteiger partial charge < -0.3 is 21.6 Å². The minimum atomic E-state index is -0.320. The molecule has 0 saturated heterocycles. The smallest absolute Gasteiger partial charge is 0.330 e. The van der Waals surface area contributed by atoms with Gasteiger partial charge in [-0.1, -0.05) is 64.9 Å². The third kappa shape index (κ3) is 17.6. The van der Waals surface area contributed by atoms with Crippen molar-refractivity contribution in [3.05, 3.63) is 12.7 Å². The van der Waals surface area contributed by atoms with Crippen molar-refractivity contribution in [1.82, 2.24) is 0 Å². The maximum Gasteiger partial charge on any atom is 0.330 e. The topological polar surface area (TPSA) is 26.3 Å². The van der Waals surface area contributed by atoms with E-state index in [1.807, 2.05) is 0 Å². The van der Waals surface area contributed by atoms with Crippen LogP contribution in [-0.2, 0) is 9.53 Å². The second-order valence-corrected chi connectivity index (χ2v) is 6.94. The van der Waals surface area contributed by atoms with Crippen molar-refractivity contribution in [2.24, 2.45) is 0 Å². The Balaban J connectivity index is 0. The molecule has 23 heavy (non-hydrogen) atoms. The van der Waals surface area contributed by atoms with Crippen molar-refractivity contribution in [2.45, 2.75) is 71.1 Å². The van der Waals surface area contributed by atoms with Crippen LogP contribution in [-0.4, -0.2) is 44.2 Å². The fourth-order valence-corrected chi connectivity index (χ4v) is 2.59. The lowest BCUT2D eigenvalue weighted by Gasteiger charge is -2.29. The van der Waals surface area contributed by atoms with E-state index in [1.165, 1.54) is 70.3 Å². The Kier molecular flexibility index (Phi) is 17.5. The number of quaternary nitrogens is 1. The predicted molar refractivity (Wildman–Crippen MR) is 94.8 cm³/mol. The van der Waals surface area contributed by atoms with Crippen LogP contribution in [0.2, 0.25) is 0 Å². The maximum atomic E-state index is 11.0. The molecule has 0 rings (SSSR count). The lowest BCUT2D eigenvalue weighted by molar-refractivity contribution is -0.890. The van der Waals surface area contributed by atoms with Gasteiger partial charge in [-0.15, -0.1) is 0 Å². The van der Waals surface area contributed by atoms with E-state index < -0.39 is 0 Å². The standard InChI is InChI=1S/C19H38NO2.ClH/c1-5-7-8-9-10-11-12-13-14-15-16-20(3,4)17-18-22-19(21)6-2;/h6H,2,5,7-18H2,1,3-4H3;1H/q+1;/p-1. The number of rotatable bonds is 15. The van der Waals surface area contributed by atoms with E-state index in [9.17, 15) is 4.79 Å². The van der Waals surface area contributed by atoms with Crippen LogP contribution in [0.1, 0.15) is 71.1 Å². The second kappa shape index (κ2) is 16.3. The molecule has 138 valence electrons. The number of carbonyl (C=O) groups is 1. The van der Waals surface area contributed by atoms with Crippen molar-refractivity contribution in [1.29, 1.82) is 0 Å². The molecule has 0 aliphatic heterocycles. The molecule has 0 aromatic carbocycles. The van der Waals surface area contributed by atoms with Crippen LogP contribution in [0.15, 0.2) is 12.7 Å². The minimum Gasteiger partial charge on any atom is -1.00 e. The van der Waals surface area contributed by atoms with E-state index in [4.69, 9.17) is 4.74 Å². The van der Waals surface area contributed by atoms with E-state index >= 15 is 0 Å². The van der Waals surface area contributed by atoms with Gasteiger partial charge in [0.2, 0.25) is 0 Å². The molecule has 0 bridgehead atoms. The van der Waals surface area contributed by atoms with E-state index in [0.29, 0.717) is 6.61 Å². The van der Waals surface area contributed by atoms with Crippen LogP contribution >= 0.6 is 0 Å². The average Bonchev–Trinajstić information content (AvgIpc) is 2.48. The second-order valence-electron chi connectivity index (χ2n) is 6.94. The van der Waals surface area contributed by atoms with Gasteiger partial charge in [0.05, 0.1) is 20.6 Å². The summed E-state index contributed by atoms with van der Waals surface area (Å²) in [6.07, 6.45) is 14.9. The third-order valence-corrected chi connectivity index (χ3v) is 4.22. The summed E-state index contributed by atoms with van der Waals surface area (Å²) in [5.41, 5.74) is 0. The summed E-state index contributed by atoms with van der Waals surface area (Å²) in [5, 5.41) is 0. The van der Waals surface area contributed by atoms with Crippen LogP contribution in [0.25, 0.3) is 0 Å². The third-order valence-electron chi connectivity index (χ3n) is 4.22. The fraction of sp³-hybridized carbons (Fsp3) is 0.842. The highest BCUT2D eigenvalue weighted by Gasteiger charge is 2.14. The summed E-state index contributed by atoms with van der Waals surface area (Å²) < 4.78 is 5.97. The number of ether oxygens (including phenoxy) is 1. The Bertz CT molecular complexity index is 293. The molecule has 0 fully saturated rings. The zero-order chi connectivity index (χ0) is 16.7. The van der Waals surface area contributed by atoms with Gasteiger partial charge in [-0.05, 0) is 12.8 Å². The number of hydrogen-bond donors (Lipinski definition) is 0. The molecule has 0 N–H and O–H groups in total. The number of esters is 1. The summed E-state index contributed by atoms with van der Waals surface area (Å²) in [7, 11) is 4.41. The SMILES string of the molecule is C=CC(=O)OCC[N+](C)(C)CCCCCCCCCCCC.[Cl-]. The molecule has 0 aliphatic carbocycles. The molecule has 0 amide bonds. The van der Waals surface area contributed by atoms with E-state index in [1.54, 1.807) is 0 Å². The molecule has 3 nitrogen and oxygen atoms in total. The van der Waals surface area contributed by atoms with Crippen LogP contribution in [0.3, 0.4) is 0 Å². The van der Waals surface area contributed by atoms with Crippen molar-refractivity contribution >= 4 is 5.97 Å². The summed E-state index contributed by atoms with van der Waals surface area (Å²) in [5.74, 6) is -0.320. The van der Waals surface area contributed by atoms with Crippen LogP contribution < -0.4 is 12.4 Å². The van der Waals surface area contributed by atoms with E-state index in [-0.39, 0.29) is 18.4 Å². The zero-order valence-electron chi connectivity index (χ0n) is 15.6. The zero-order valence-corrected chi connectivity index (χ0v) is 16.4. The Morgan fingerprint density at radius 2 is 1.39 bits per heavy atom. The van der Waals surface area contributed by atoms with Gasteiger partial charge in [0.1, 0.15) is 13.2 Å². The highest BCUT2D eigenvalue weighted by Crippen LogP contribution is 2.11. The molecule has 0 unspecified atom stereocenters. The van der Waals surface area contributed by atoms with Gasteiger partial charge in [-0.25, -0.2) is 4.79 Å². The van der Waals surface area contributed by atoms with Gasteiger partial charge in [0, 0.05) is 6.08 Å². The highest BCUT2D eigenvalue weighted by molar-refractivity contribution is 5.81. The van der Waals surface area contributed by atoms with Crippen LogP contribution in [0.5, 0.6) is 0 Å². The first-order valence-electron chi connectivity index (χ1n) is 9.13. The number of unbranched alkanes of at least 4 members (excludes halogenated alkanes) is 9. The average molecular weight is 348 g/mol. The Hall–Kier alpha value is -0.540. The molecular weight excluding hydrogens is 310 g/mol. The lowest BCUT2D eigenvalue weighted by atomic mass is 10.1. The Morgan fingerprint density at radius 1 is 0.913 bits per heavy atom. The summed E-state index contributed by atoms with van der Waals surface area (Å²) in [6.45, 7) is 8.18. The van der Waals surface area contributed by atoms with Crippen LogP contribution in [0, 0.1) is 0 Å². The first kappa shape index (κ1) is 24.7. The number of carbonyl (C=O) groups excluding carboxylic acids is 1. The quantitative estimate of drug-likeness (QED) is 0.195. The van der Waals surface area contributed by atoms with Crippen molar-refractivity contribution < 1.29 is 26.4 Å². The number of hydrogen-bond acceptors (Lipinski definition) is 2. The molecule has 0 radical (unpaired) electrons. The monoisotopic (exact) mass is 347 g/mol. The van der Waals surface area contributed by atoms with Gasteiger partial charge in [-0.3, -0.25) is 0 Å². The number of nitrogens with zero attached hydrogens (tertiary/aromatic N) is 1. The van der Waals surface area contributed by atoms with Crippen molar-refractivity contribution in [3.63, 3.8) is 0 Å². The number of halogens is 1. The molecule has 0 spiro atoms. The predicted octanol–water partition coefficient (Wildman–Crippen LogP) is 1.72. The molecule has 4 heteroatoms. The normalized spacial score (nSPS) is 10.9. The van der Waals surface area contributed by atoms with Crippen molar-refractivity contribution in [3.8, 4) is 0 Å². The summed E-state index contributed by atoms with van der Waals surface area (Å²) in [6, 6.07) is 0. The largest absolute Gasteiger partial charge is 1.00 e. The molecule has 0 aromatic heterocycles. The molecular formula is C19H38ClNO2. The Labute approximate surface area is 150 Å². The molecule has 0 atom stereocenters. The first-order chi connectivity index (χ1) is 10.5. The van der Waals surface area contributed by atoms with E-state index in [0.717, 1.165) is 17.6 Å². The first-order valence-corrected chi connectivity index (χ1v) is 9.13. The summed E-state index contributed by atoms with van der Waals surface area (Å²) in [4.78, 5) is 11.0. The van der Waals surface area contributed by atoms with E-state index in [2.05, 4.69) is 27.6 Å². The molecule has 0 aliphatic rings. The highest BCUT2D eigenvalue weighted by atomic mass is 35.5. The van der Waals surface area contributed by atoms with Gasteiger partial charge in [-0.2, -0.15) is 0 Å². The summed E-state index contributed by atoms with van der Waals surface area (Å²) >= 11 is 0. The number of likely N-dealkylation sites (N-methyl/N-ethyl adjacent to an activating group) is 1. The Morgan fingerprint density at radius 3 is 1.87 bits per heavy atom. The van der Waals surface area contributed by atoms with Crippen LogP contribution in [0.4, 0.5) is 0 Å². The van der Waals surface area contributed by atoms with Gasteiger partial charge >= 0.3 is 5.97 Å². The van der Waals surface area contributed by atoms with Gasteiger partial charge in [0.25, 0.3) is 0 Å². The lowest BCUT2D eigenvalue weighted by Crippen LogP contribution is -3.00. The fourth-order valence-electron chi connectivity index (χ4n) is 2.59. The molecule has 0 aromatic rings. The molecule has 0 heterocycles. The molecule has 0 saturated carbocycles.